The van der Waals surface area contributed by atoms with Gasteiger partial charge in [-0.2, -0.15) is 8.78 Å². The van der Waals surface area contributed by atoms with Crippen LogP contribution in [0.3, 0.4) is 0 Å². The lowest BCUT2D eigenvalue weighted by molar-refractivity contribution is 0.0336. The topological polar surface area (TPSA) is 112 Å². The molecule has 5 aromatic rings. The van der Waals surface area contributed by atoms with Crippen molar-refractivity contribution in [3.05, 3.63) is 82.4 Å². The summed E-state index contributed by atoms with van der Waals surface area (Å²) in [7, 11) is 0. The van der Waals surface area contributed by atoms with E-state index in [0.29, 0.717) is 36.6 Å². The molecular formula is C26H21F3N6O4. The molecule has 0 aliphatic carbocycles. The molecule has 1 aromatic carbocycles. The molecule has 0 spiro atoms. The Balaban J connectivity index is 1.22. The molecule has 0 amide bonds. The Bertz CT molecular complexity index is 1660. The molecule has 0 unspecified atom stereocenters. The standard InChI is InChI=1S/C26H21F3N6O4/c27-20-10-21-22(9-19(20)15-1-3-17(30-11-15)13-34-5-7-37-8-6-34)38-26(36)35(21)14-18-4-2-16(12-31-18)24-32-33-25(39-24)23(28)29/h1-4,9-12,23H,5-8,13-14H2. The van der Waals surface area contributed by atoms with Gasteiger partial charge in [0.1, 0.15) is 5.82 Å². The number of oxazole rings is 1. The van der Waals surface area contributed by atoms with Gasteiger partial charge in [0.05, 0.1) is 42.2 Å². The molecule has 1 fully saturated rings. The molecule has 200 valence electrons. The van der Waals surface area contributed by atoms with Gasteiger partial charge in [0.25, 0.3) is 5.89 Å². The van der Waals surface area contributed by atoms with Gasteiger partial charge in [-0.15, -0.1) is 10.2 Å². The second kappa shape index (κ2) is 10.4. The summed E-state index contributed by atoms with van der Waals surface area (Å²) >= 11 is 0. The Morgan fingerprint density at radius 1 is 0.897 bits per heavy atom. The fraction of sp³-hybridized carbons (Fsp3) is 0.269. The first-order chi connectivity index (χ1) is 18.9. The number of aromatic nitrogens is 5. The van der Waals surface area contributed by atoms with Crippen LogP contribution in [0.5, 0.6) is 0 Å². The first-order valence-electron chi connectivity index (χ1n) is 12.1. The van der Waals surface area contributed by atoms with Crippen molar-refractivity contribution in [1.82, 2.24) is 29.6 Å². The fourth-order valence-electron chi connectivity index (χ4n) is 4.37. The number of halogens is 3. The maximum atomic E-state index is 15.2. The van der Waals surface area contributed by atoms with Crippen LogP contribution in [-0.2, 0) is 17.8 Å². The molecule has 4 aromatic heterocycles. The molecule has 0 bridgehead atoms. The average molecular weight is 538 g/mol. The Hall–Kier alpha value is -4.36. The predicted octanol–water partition coefficient (Wildman–Crippen LogP) is 4.06. The quantitative estimate of drug-likeness (QED) is 0.303. The van der Waals surface area contributed by atoms with Crippen molar-refractivity contribution in [1.29, 1.82) is 0 Å². The van der Waals surface area contributed by atoms with Crippen molar-refractivity contribution in [3.63, 3.8) is 0 Å². The third-order valence-corrected chi connectivity index (χ3v) is 6.40. The normalized spacial score (nSPS) is 14.5. The van der Waals surface area contributed by atoms with Gasteiger partial charge in [-0.3, -0.25) is 19.4 Å². The molecule has 5 heterocycles. The number of fused-ring (bicyclic) bond motifs is 1. The van der Waals surface area contributed by atoms with E-state index in [2.05, 4.69) is 25.1 Å². The summed E-state index contributed by atoms with van der Waals surface area (Å²) in [4.78, 5) is 23.6. The van der Waals surface area contributed by atoms with Crippen molar-refractivity contribution >= 4 is 11.1 Å². The van der Waals surface area contributed by atoms with Gasteiger partial charge in [0, 0.05) is 49.2 Å². The van der Waals surface area contributed by atoms with Crippen LogP contribution >= 0.6 is 0 Å². The van der Waals surface area contributed by atoms with Crippen LogP contribution in [0.1, 0.15) is 23.7 Å². The second-order valence-corrected chi connectivity index (χ2v) is 8.96. The van der Waals surface area contributed by atoms with Gasteiger partial charge in [-0.25, -0.2) is 9.18 Å². The van der Waals surface area contributed by atoms with Gasteiger partial charge >= 0.3 is 12.2 Å². The minimum Gasteiger partial charge on any atom is -0.415 e. The molecule has 6 rings (SSSR count). The highest BCUT2D eigenvalue weighted by atomic mass is 19.3. The highest BCUT2D eigenvalue weighted by molar-refractivity contribution is 5.81. The number of hydrogen-bond donors (Lipinski definition) is 0. The lowest BCUT2D eigenvalue weighted by Crippen LogP contribution is -2.35. The molecule has 1 saturated heterocycles. The molecule has 0 atom stereocenters. The summed E-state index contributed by atoms with van der Waals surface area (Å²) < 4.78 is 57.5. The molecule has 1 aliphatic rings. The largest absolute Gasteiger partial charge is 0.420 e. The molecule has 0 radical (unpaired) electrons. The zero-order chi connectivity index (χ0) is 26.9. The molecule has 13 heteroatoms. The maximum Gasteiger partial charge on any atom is 0.420 e. The smallest absolute Gasteiger partial charge is 0.415 e. The molecule has 0 saturated carbocycles. The van der Waals surface area contributed by atoms with E-state index in [0.717, 1.165) is 18.8 Å². The van der Waals surface area contributed by atoms with E-state index in [-0.39, 0.29) is 29.1 Å². The highest BCUT2D eigenvalue weighted by Crippen LogP contribution is 2.28. The van der Waals surface area contributed by atoms with Gasteiger partial charge in [0.15, 0.2) is 5.58 Å². The summed E-state index contributed by atoms with van der Waals surface area (Å²) in [6.07, 6.45) is 0.0882. The first kappa shape index (κ1) is 24.9. The molecule has 0 N–H and O–H groups in total. The van der Waals surface area contributed by atoms with Crippen LogP contribution in [0.15, 0.2) is 62.4 Å². The monoisotopic (exact) mass is 538 g/mol. The van der Waals surface area contributed by atoms with Gasteiger partial charge in [-0.1, -0.05) is 6.07 Å². The molecule has 10 nitrogen and oxygen atoms in total. The summed E-state index contributed by atoms with van der Waals surface area (Å²) in [6.45, 7) is 3.74. The first-order valence-corrected chi connectivity index (χ1v) is 12.1. The van der Waals surface area contributed by atoms with Crippen molar-refractivity contribution in [2.45, 2.75) is 19.5 Å². The van der Waals surface area contributed by atoms with Gasteiger partial charge in [-0.05, 0) is 24.3 Å². The zero-order valence-corrected chi connectivity index (χ0v) is 20.4. The van der Waals surface area contributed by atoms with Crippen LogP contribution in [0.25, 0.3) is 33.7 Å². The number of alkyl halides is 2. The summed E-state index contributed by atoms with van der Waals surface area (Å²) in [6, 6.07) is 9.49. The van der Waals surface area contributed by atoms with E-state index < -0.39 is 23.9 Å². The van der Waals surface area contributed by atoms with E-state index in [1.807, 2.05) is 6.07 Å². The fourth-order valence-corrected chi connectivity index (χ4v) is 4.37. The SMILES string of the molecule is O=c1oc2cc(-c3ccc(CN4CCOCC4)nc3)c(F)cc2n1Cc1ccc(-c2nnc(C(F)F)o2)cn1. The Morgan fingerprint density at radius 2 is 1.62 bits per heavy atom. The maximum absolute atomic E-state index is 15.2. The molecule has 1 aliphatic heterocycles. The Labute approximate surface area is 218 Å². The summed E-state index contributed by atoms with van der Waals surface area (Å²) in [5.74, 6) is -2.10. The summed E-state index contributed by atoms with van der Waals surface area (Å²) in [5.41, 5.74) is 2.96. The number of pyridine rings is 2. The number of nitrogens with zero attached hydrogens (tertiary/aromatic N) is 6. The van der Waals surface area contributed by atoms with E-state index in [1.54, 1.807) is 24.4 Å². The lowest BCUT2D eigenvalue weighted by atomic mass is 10.1. The van der Waals surface area contributed by atoms with E-state index >= 15 is 4.39 Å². The van der Waals surface area contributed by atoms with Gasteiger partial charge in [0.2, 0.25) is 5.89 Å². The highest BCUT2D eigenvalue weighted by Gasteiger charge is 2.19. The van der Waals surface area contributed by atoms with Crippen LogP contribution in [0.4, 0.5) is 13.2 Å². The van der Waals surface area contributed by atoms with E-state index in [1.165, 1.54) is 22.9 Å². The number of hydrogen-bond acceptors (Lipinski definition) is 9. The molecule has 39 heavy (non-hydrogen) atoms. The van der Waals surface area contributed by atoms with Crippen molar-refractivity contribution in [3.8, 4) is 22.6 Å². The third-order valence-electron chi connectivity index (χ3n) is 6.40. The van der Waals surface area contributed by atoms with E-state index in [4.69, 9.17) is 13.6 Å². The second-order valence-electron chi connectivity index (χ2n) is 8.96. The minimum absolute atomic E-state index is 0.00515. The molecular weight excluding hydrogens is 517 g/mol. The van der Waals surface area contributed by atoms with Crippen molar-refractivity contribution in [2.75, 3.05) is 26.3 Å². The number of benzene rings is 1. The lowest BCUT2D eigenvalue weighted by Gasteiger charge is -2.26. The van der Waals surface area contributed by atoms with Crippen molar-refractivity contribution < 1.29 is 26.7 Å². The number of ether oxygens (including phenoxy) is 1. The van der Waals surface area contributed by atoms with Crippen LogP contribution in [0.2, 0.25) is 0 Å². The van der Waals surface area contributed by atoms with Gasteiger partial charge < -0.3 is 13.6 Å². The predicted molar refractivity (Wildman–Crippen MR) is 131 cm³/mol. The van der Waals surface area contributed by atoms with Crippen LogP contribution < -0.4 is 5.76 Å². The Morgan fingerprint density at radius 3 is 2.28 bits per heavy atom. The minimum atomic E-state index is -2.88. The third kappa shape index (κ3) is 5.18. The van der Waals surface area contributed by atoms with Crippen LogP contribution in [0, 0.1) is 5.82 Å². The van der Waals surface area contributed by atoms with Crippen LogP contribution in [-0.4, -0.2) is 55.9 Å². The number of rotatable bonds is 7. The average Bonchev–Trinajstić information content (AvgIpc) is 3.55. The Kier molecular flexibility index (Phi) is 6.67. The van der Waals surface area contributed by atoms with E-state index in [9.17, 15) is 13.6 Å². The summed E-state index contributed by atoms with van der Waals surface area (Å²) in [5, 5.41) is 6.87. The zero-order valence-electron chi connectivity index (χ0n) is 20.4. The van der Waals surface area contributed by atoms with Crippen molar-refractivity contribution in [2.24, 2.45) is 0 Å². The number of morpholine rings is 1.